The average Bonchev–Trinajstić information content (AvgIpc) is 2.92. The summed E-state index contributed by atoms with van der Waals surface area (Å²) < 4.78 is 16.5. The molecule has 0 saturated carbocycles. The molecular formula is C35H59N3O8. The molecule has 0 aliphatic rings. The predicted molar refractivity (Wildman–Crippen MR) is 178 cm³/mol. The van der Waals surface area contributed by atoms with E-state index in [1.807, 2.05) is 52.0 Å². The van der Waals surface area contributed by atoms with Crippen molar-refractivity contribution in [2.24, 2.45) is 5.92 Å². The molecule has 4 N–H and O–H groups in total. The summed E-state index contributed by atoms with van der Waals surface area (Å²) in [5.74, 6) is -0.680. The van der Waals surface area contributed by atoms with Crippen LogP contribution in [-0.4, -0.2) is 71.5 Å². The van der Waals surface area contributed by atoms with E-state index in [4.69, 9.17) is 14.2 Å². The SMILES string of the molecule is CCCCNC(=O)[C@H](C)C[C@H](O)[C@H](Cc1cccc(OCCCCCC(=O)OC(C)(C)C)c1)NC(=O)C(C)NC(=O)OC(C)(C)C. The zero-order valence-electron chi connectivity index (χ0n) is 29.5. The minimum atomic E-state index is -1.04. The fourth-order valence-electron chi connectivity index (χ4n) is 4.48. The van der Waals surface area contributed by atoms with Crippen LogP contribution >= 0.6 is 0 Å². The van der Waals surface area contributed by atoms with Gasteiger partial charge in [-0.2, -0.15) is 0 Å². The van der Waals surface area contributed by atoms with Crippen LogP contribution in [0.1, 0.15) is 113 Å². The first-order chi connectivity index (χ1) is 21.4. The van der Waals surface area contributed by atoms with Crippen LogP contribution < -0.4 is 20.7 Å². The van der Waals surface area contributed by atoms with Gasteiger partial charge in [-0.25, -0.2) is 4.79 Å². The molecular weight excluding hydrogens is 590 g/mol. The summed E-state index contributed by atoms with van der Waals surface area (Å²) in [7, 11) is 0. The number of ether oxygens (including phenoxy) is 3. The van der Waals surface area contributed by atoms with E-state index in [0.29, 0.717) is 31.7 Å². The molecule has 11 heteroatoms. The molecule has 4 atom stereocenters. The molecule has 0 fully saturated rings. The maximum atomic E-state index is 13.1. The Morgan fingerprint density at radius 1 is 0.870 bits per heavy atom. The monoisotopic (exact) mass is 649 g/mol. The van der Waals surface area contributed by atoms with Crippen LogP contribution in [0.2, 0.25) is 0 Å². The normalized spacial score (nSPS) is 14.3. The molecule has 0 saturated heterocycles. The lowest BCUT2D eigenvalue weighted by Gasteiger charge is -2.28. The van der Waals surface area contributed by atoms with Gasteiger partial charge in [-0.05, 0) is 105 Å². The van der Waals surface area contributed by atoms with Crippen molar-refractivity contribution >= 4 is 23.9 Å². The third-order valence-corrected chi connectivity index (χ3v) is 6.86. The third kappa shape index (κ3) is 18.6. The summed E-state index contributed by atoms with van der Waals surface area (Å²) in [6, 6.07) is 5.74. The number of alkyl carbamates (subject to hydrolysis) is 1. The number of unbranched alkanes of at least 4 members (excludes halogenated alkanes) is 3. The van der Waals surface area contributed by atoms with E-state index in [1.54, 1.807) is 27.7 Å². The number of nitrogens with one attached hydrogen (secondary N) is 3. The highest BCUT2D eigenvalue weighted by Gasteiger charge is 2.29. The molecule has 3 amide bonds. The highest BCUT2D eigenvalue weighted by molar-refractivity contribution is 5.85. The van der Waals surface area contributed by atoms with Gasteiger partial charge in [0.2, 0.25) is 11.8 Å². The lowest BCUT2D eigenvalue weighted by atomic mass is 9.93. The Morgan fingerprint density at radius 2 is 1.54 bits per heavy atom. The number of rotatable bonds is 19. The van der Waals surface area contributed by atoms with Crippen LogP contribution in [0, 0.1) is 5.92 Å². The Bertz CT molecular complexity index is 1100. The fraction of sp³-hybridized carbons (Fsp3) is 0.714. The van der Waals surface area contributed by atoms with Crippen LogP contribution in [0.25, 0.3) is 0 Å². The van der Waals surface area contributed by atoms with Crippen molar-refractivity contribution in [1.82, 2.24) is 16.0 Å². The largest absolute Gasteiger partial charge is 0.494 e. The molecule has 1 rings (SSSR count). The molecule has 1 aromatic rings. The number of carbonyl (C=O) groups is 4. The number of esters is 1. The molecule has 0 aliphatic heterocycles. The van der Waals surface area contributed by atoms with E-state index < -0.39 is 47.3 Å². The minimum Gasteiger partial charge on any atom is -0.494 e. The van der Waals surface area contributed by atoms with Crippen molar-refractivity contribution in [3.05, 3.63) is 29.8 Å². The molecule has 0 radical (unpaired) electrons. The van der Waals surface area contributed by atoms with Crippen LogP contribution in [0.15, 0.2) is 24.3 Å². The quantitative estimate of drug-likeness (QED) is 0.118. The van der Waals surface area contributed by atoms with E-state index in [0.717, 1.165) is 31.2 Å². The second-order valence-electron chi connectivity index (χ2n) is 13.9. The molecule has 0 spiro atoms. The summed E-state index contributed by atoms with van der Waals surface area (Å²) in [5.41, 5.74) is -0.390. The molecule has 262 valence electrons. The lowest BCUT2D eigenvalue weighted by molar-refractivity contribution is -0.155. The number of carbonyl (C=O) groups excluding carboxylic acids is 4. The first kappa shape index (κ1) is 40.7. The summed E-state index contributed by atoms with van der Waals surface area (Å²) in [5, 5.41) is 19.5. The molecule has 0 bridgehead atoms. The van der Waals surface area contributed by atoms with Gasteiger partial charge in [0.05, 0.1) is 18.8 Å². The van der Waals surface area contributed by atoms with Crippen molar-refractivity contribution in [3.8, 4) is 5.75 Å². The van der Waals surface area contributed by atoms with E-state index in [1.165, 1.54) is 6.92 Å². The number of aliphatic hydroxyl groups is 1. The summed E-state index contributed by atoms with van der Waals surface area (Å²) in [4.78, 5) is 49.8. The molecule has 0 aromatic heterocycles. The van der Waals surface area contributed by atoms with Crippen molar-refractivity contribution < 1.29 is 38.5 Å². The maximum Gasteiger partial charge on any atom is 0.408 e. The second kappa shape index (κ2) is 20.0. The molecule has 1 aromatic carbocycles. The van der Waals surface area contributed by atoms with Crippen LogP contribution in [0.3, 0.4) is 0 Å². The summed E-state index contributed by atoms with van der Waals surface area (Å²) in [6.45, 7) is 17.1. The van der Waals surface area contributed by atoms with Gasteiger partial charge in [-0.15, -0.1) is 0 Å². The van der Waals surface area contributed by atoms with E-state index in [2.05, 4.69) is 16.0 Å². The average molecular weight is 650 g/mol. The number of benzene rings is 1. The van der Waals surface area contributed by atoms with Crippen molar-refractivity contribution in [1.29, 1.82) is 0 Å². The predicted octanol–water partition coefficient (Wildman–Crippen LogP) is 5.21. The van der Waals surface area contributed by atoms with Crippen molar-refractivity contribution in [3.63, 3.8) is 0 Å². The van der Waals surface area contributed by atoms with Gasteiger partial charge in [0.15, 0.2) is 0 Å². The number of aliphatic hydroxyl groups excluding tert-OH is 1. The molecule has 46 heavy (non-hydrogen) atoms. The van der Waals surface area contributed by atoms with Crippen molar-refractivity contribution in [2.75, 3.05) is 13.2 Å². The zero-order chi connectivity index (χ0) is 34.9. The second-order valence-corrected chi connectivity index (χ2v) is 13.9. The highest BCUT2D eigenvalue weighted by Crippen LogP contribution is 2.19. The lowest BCUT2D eigenvalue weighted by Crippen LogP contribution is -2.53. The van der Waals surface area contributed by atoms with Gasteiger partial charge in [-0.3, -0.25) is 14.4 Å². The van der Waals surface area contributed by atoms with E-state index >= 15 is 0 Å². The first-order valence-electron chi connectivity index (χ1n) is 16.6. The third-order valence-electron chi connectivity index (χ3n) is 6.86. The topological polar surface area (TPSA) is 152 Å². The van der Waals surface area contributed by atoms with Gasteiger partial charge >= 0.3 is 12.1 Å². The Hall–Kier alpha value is -3.34. The van der Waals surface area contributed by atoms with Gasteiger partial charge in [0, 0.05) is 18.9 Å². The van der Waals surface area contributed by atoms with Crippen LogP contribution in [-0.2, 0) is 30.3 Å². The van der Waals surface area contributed by atoms with Gasteiger partial charge in [0.1, 0.15) is 23.0 Å². The number of amides is 3. The Labute approximate surface area is 275 Å². The van der Waals surface area contributed by atoms with Crippen molar-refractivity contribution in [2.45, 2.75) is 143 Å². The van der Waals surface area contributed by atoms with Gasteiger partial charge < -0.3 is 35.3 Å². The first-order valence-corrected chi connectivity index (χ1v) is 16.6. The van der Waals surface area contributed by atoms with Gasteiger partial charge in [0.25, 0.3) is 0 Å². The Morgan fingerprint density at radius 3 is 2.17 bits per heavy atom. The molecule has 0 aliphatic carbocycles. The molecule has 0 heterocycles. The standard InChI is InChI=1S/C35H59N3O8/c1-10-11-19-36-31(41)24(2)21-29(39)28(38-32(42)25(3)37-33(43)46-35(7,8)9)23-26-16-15-17-27(22-26)44-20-14-12-13-18-30(40)45-34(4,5)6/h15-17,22,24-25,28-29,39H,10-14,18-21,23H2,1-9H3,(H,36,41)(H,37,43)(H,38,42)/t24-,25?,28+,29+/m1/s1. The maximum absolute atomic E-state index is 13.1. The molecule has 11 nitrogen and oxygen atoms in total. The van der Waals surface area contributed by atoms with Crippen LogP contribution in [0.5, 0.6) is 5.75 Å². The summed E-state index contributed by atoms with van der Waals surface area (Å²) in [6.07, 6.45) is 3.13. The Kier molecular flexibility index (Phi) is 17.7. The fourth-order valence-corrected chi connectivity index (χ4v) is 4.48. The molecule has 1 unspecified atom stereocenters. The van der Waals surface area contributed by atoms with E-state index in [-0.39, 0.29) is 24.7 Å². The van der Waals surface area contributed by atoms with Crippen LogP contribution in [0.4, 0.5) is 4.79 Å². The van der Waals surface area contributed by atoms with Gasteiger partial charge in [-0.1, -0.05) is 32.4 Å². The van der Waals surface area contributed by atoms with E-state index in [9.17, 15) is 24.3 Å². The number of hydrogen-bond acceptors (Lipinski definition) is 8. The Balaban J connectivity index is 2.86. The number of hydrogen-bond donors (Lipinski definition) is 4. The summed E-state index contributed by atoms with van der Waals surface area (Å²) >= 11 is 0. The zero-order valence-corrected chi connectivity index (χ0v) is 29.5. The highest BCUT2D eigenvalue weighted by atomic mass is 16.6. The minimum absolute atomic E-state index is 0.135. The smallest absolute Gasteiger partial charge is 0.408 e.